The smallest absolute Gasteiger partial charge is 0.243 e. The molecule has 9 nitrogen and oxygen atoms in total. The van der Waals surface area contributed by atoms with Gasteiger partial charge in [0.2, 0.25) is 21.8 Å². The molecule has 3 aromatic carbocycles. The molecule has 1 aliphatic heterocycles. The summed E-state index contributed by atoms with van der Waals surface area (Å²) in [4.78, 5) is 29.2. The van der Waals surface area contributed by atoms with E-state index in [2.05, 4.69) is 5.32 Å². The zero-order valence-corrected chi connectivity index (χ0v) is 26.8. The lowest BCUT2D eigenvalue weighted by Crippen LogP contribution is -2.50. The molecule has 0 saturated heterocycles. The van der Waals surface area contributed by atoms with Crippen molar-refractivity contribution in [1.29, 1.82) is 0 Å². The molecule has 3 aromatic rings. The number of nitrogens with one attached hydrogen (secondary N) is 1. The highest BCUT2D eigenvalue weighted by molar-refractivity contribution is 7.92. The summed E-state index contributed by atoms with van der Waals surface area (Å²) in [5.74, 6) is 0.520. The highest BCUT2D eigenvalue weighted by Gasteiger charge is 2.31. The van der Waals surface area contributed by atoms with E-state index in [4.69, 9.17) is 21.1 Å². The number of ether oxygens (including phenoxy) is 2. The van der Waals surface area contributed by atoms with Crippen LogP contribution in [-0.2, 0) is 32.6 Å². The number of amides is 2. The third-order valence-corrected chi connectivity index (χ3v) is 8.93. The maximum Gasteiger partial charge on any atom is 0.243 e. The van der Waals surface area contributed by atoms with Gasteiger partial charge in [-0.25, -0.2) is 8.42 Å². The maximum atomic E-state index is 14.0. The fourth-order valence-corrected chi connectivity index (χ4v) is 6.21. The molecular weight excluding hydrogens is 602 g/mol. The van der Waals surface area contributed by atoms with Gasteiger partial charge in [-0.15, -0.1) is 0 Å². The summed E-state index contributed by atoms with van der Waals surface area (Å²) in [6, 6.07) is 21.0. The minimum absolute atomic E-state index is 0.0224. The van der Waals surface area contributed by atoms with Crippen LogP contribution in [0, 0.1) is 0 Å². The van der Waals surface area contributed by atoms with Crippen molar-refractivity contribution in [3.8, 4) is 11.5 Å². The van der Waals surface area contributed by atoms with Crippen molar-refractivity contribution in [1.82, 2.24) is 10.2 Å². The highest BCUT2D eigenvalue weighted by atomic mass is 35.5. The van der Waals surface area contributed by atoms with E-state index < -0.39 is 16.1 Å². The molecule has 0 bridgehead atoms. The first-order chi connectivity index (χ1) is 21.2. The second-order valence-electron chi connectivity index (χ2n) is 10.7. The summed E-state index contributed by atoms with van der Waals surface area (Å²) in [7, 11) is -3.67. The molecule has 11 heteroatoms. The number of hydrogen-bond acceptors (Lipinski definition) is 6. The lowest BCUT2D eigenvalue weighted by atomic mass is 10.0. The Morgan fingerprint density at radius 2 is 1.66 bits per heavy atom. The van der Waals surface area contributed by atoms with Crippen molar-refractivity contribution in [3.05, 3.63) is 88.9 Å². The van der Waals surface area contributed by atoms with Crippen LogP contribution in [0.3, 0.4) is 0 Å². The predicted molar refractivity (Wildman–Crippen MR) is 173 cm³/mol. The molecule has 1 aliphatic rings. The van der Waals surface area contributed by atoms with Crippen molar-refractivity contribution in [2.24, 2.45) is 0 Å². The van der Waals surface area contributed by atoms with Gasteiger partial charge in [0.15, 0.2) is 11.5 Å². The fraction of sp³-hybridized carbons (Fsp3) is 0.394. The van der Waals surface area contributed by atoms with Crippen LogP contribution in [0.4, 0.5) is 5.69 Å². The Bertz CT molecular complexity index is 1520. The molecule has 236 valence electrons. The molecule has 0 saturated carbocycles. The first-order valence-corrected chi connectivity index (χ1v) is 17.1. The predicted octanol–water partition coefficient (Wildman–Crippen LogP) is 5.21. The Morgan fingerprint density at radius 1 is 0.955 bits per heavy atom. The molecule has 1 N–H and O–H groups in total. The number of fused-ring (bicyclic) bond motifs is 1. The number of rotatable bonds is 15. The highest BCUT2D eigenvalue weighted by Crippen LogP contribution is 2.35. The van der Waals surface area contributed by atoms with E-state index in [9.17, 15) is 18.0 Å². The number of carbonyl (C=O) groups excluding carboxylic acids is 2. The maximum absolute atomic E-state index is 14.0. The van der Waals surface area contributed by atoms with E-state index in [1.165, 1.54) is 4.31 Å². The topological polar surface area (TPSA) is 105 Å². The minimum Gasteiger partial charge on any atom is -0.486 e. The van der Waals surface area contributed by atoms with Crippen LogP contribution in [0.15, 0.2) is 72.8 Å². The first-order valence-electron chi connectivity index (χ1n) is 14.9. The van der Waals surface area contributed by atoms with Crippen molar-refractivity contribution in [2.75, 3.05) is 36.9 Å². The minimum atomic E-state index is -3.67. The molecule has 2 amide bonds. The Kier molecular flexibility index (Phi) is 11.9. The zero-order chi connectivity index (χ0) is 31.5. The molecule has 0 radical (unpaired) electrons. The van der Waals surface area contributed by atoms with Gasteiger partial charge in [0.25, 0.3) is 0 Å². The summed E-state index contributed by atoms with van der Waals surface area (Å²) < 4.78 is 38.1. The third kappa shape index (κ3) is 9.12. The van der Waals surface area contributed by atoms with Crippen LogP contribution in [0.1, 0.15) is 43.7 Å². The Hall–Kier alpha value is -3.76. The third-order valence-electron chi connectivity index (χ3n) is 7.37. The van der Waals surface area contributed by atoms with E-state index in [1.807, 2.05) is 55.5 Å². The average Bonchev–Trinajstić information content (AvgIpc) is 3.01. The first kappa shape index (κ1) is 33.1. The van der Waals surface area contributed by atoms with Crippen molar-refractivity contribution in [3.63, 3.8) is 0 Å². The van der Waals surface area contributed by atoms with Gasteiger partial charge in [-0.1, -0.05) is 73.5 Å². The molecule has 0 aromatic heterocycles. The molecule has 1 heterocycles. The van der Waals surface area contributed by atoms with Crippen molar-refractivity contribution >= 4 is 39.1 Å². The number of unbranched alkanes of at least 4 members (excludes halogenated alkanes) is 1. The largest absolute Gasteiger partial charge is 0.486 e. The molecule has 4 rings (SSSR count). The van der Waals surface area contributed by atoms with E-state index >= 15 is 0 Å². The second-order valence-corrected chi connectivity index (χ2v) is 13.0. The Labute approximate surface area is 265 Å². The molecule has 0 fully saturated rings. The Morgan fingerprint density at radius 3 is 2.36 bits per heavy atom. The van der Waals surface area contributed by atoms with E-state index in [0.717, 1.165) is 30.2 Å². The lowest BCUT2D eigenvalue weighted by molar-refractivity contribution is -0.141. The monoisotopic (exact) mass is 641 g/mol. The van der Waals surface area contributed by atoms with Gasteiger partial charge < -0.3 is 19.7 Å². The molecule has 1 atom stereocenters. The summed E-state index contributed by atoms with van der Waals surface area (Å²) in [6.07, 6.45) is 3.45. The van der Waals surface area contributed by atoms with Gasteiger partial charge in [-0.2, -0.15) is 0 Å². The quantitative estimate of drug-likeness (QED) is 0.228. The summed E-state index contributed by atoms with van der Waals surface area (Å²) >= 11 is 6.50. The molecule has 0 aliphatic carbocycles. The van der Waals surface area contributed by atoms with Gasteiger partial charge in [0, 0.05) is 43.6 Å². The summed E-state index contributed by atoms with van der Waals surface area (Å²) in [6.45, 7) is 3.56. The van der Waals surface area contributed by atoms with Crippen LogP contribution in [-0.4, -0.2) is 63.7 Å². The number of hydrogen-bond donors (Lipinski definition) is 1. The molecule has 44 heavy (non-hydrogen) atoms. The van der Waals surface area contributed by atoms with Gasteiger partial charge in [0.05, 0.1) is 11.9 Å². The zero-order valence-electron chi connectivity index (χ0n) is 25.2. The average molecular weight is 642 g/mol. The fourth-order valence-electron chi connectivity index (χ4n) is 5.06. The van der Waals surface area contributed by atoms with Crippen LogP contribution in [0.2, 0.25) is 5.02 Å². The van der Waals surface area contributed by atoms with Crippen molar-refractivity contribution in [2.45, 2.75) is 51.6 Å². The van der Waals surface area contributed by atoms with Crippen molar-refractivity contribution < 1.29 is 27.5 Å². The molecule has 0 spiro atoms. The van der Waals surface area contributed by atoms with Crippen LogP contribution in [0.25, 0.3) is 0 Å². The van der Waals surface area contributed by atoms with Crippen LogP contribution < -0.4 is 19.1 Å². The van der Waals surface area contributed by atoms with Crippen LogP contribution >= 0.6 is 11.6 Å². The molecule has 0 unspecified atom stereocenters. The number of halogens is 1. The van der Waals surface area contributed by atoms with E-state index in [-0.39, 0.29) is 37.7 Å². The van der Waals surface area contributed by atoms with Gasteiger partial charge >= 0.3 is 0 Å². The number of sulfonamides is 1. The Balaban J connectivity index is 1.57. The lowest BCUT2D eigenvalue weighted by Gasteiger charge is -2.32. The van der Waals surface area contributed by atoms with E-state index in [1.54, 1.807) is 29.2 Å². The van der Waals surface area contributed by atoms with Gasteiger partial charge in [-0.05, 0) is 42.2 Å². The summed E-state index contributed by atoms with van der Waals surface area (Å²) in [5.41, 5.74) is 2.06. The van der Waals surface area contributed by atoms with Crippen LogP contribution in [0.5, 0.6) is 11.5 Å². The van der Waals surface area contributed by atoms with Gasteiger partial charge in [0.1, 0.15) is 19.3 Å². The van der Waals surface area contributed by atoms with Gasteiger partial charge in [-0.3, -0.25) is 13.9 Å². The normalized spacial score (nSPS) is 13.2. The van der Waals surface area contributed by atoms with E-state index in [0.29, 0.717) is 48.4 Å². The second kappa shape index (κ2) is 15.8. The number of anilines is 1. The number of nitrogens with zero attached hydrogens (tertiary/aromatic N) is 2. The number of benzene rings is 3. The molecular formula is C33H40ClN3O6S. The number of carbonyl (C=O) groups is 2. The standard InChI is InChI=1S/C33H40ClN3O6S/c1-3-4-18-35-33(39)29(22-25-11-6-5-7-12-25)36(24-26-13-8-9-14-28(26)34)32(38)15-10-19-37(44(2,40)41)27-16-17-30-31(23-27)43-21-20-42-30/h5-9,11-14,16-17,23,29H,3-4,10,15,18-22,24H2,1-2H3,(H,35,39)/t29-/m1/s1. The SMILES string of the molecule is CCCCNC(=O)[C@@H](Cc1ccccc1)N(Cc1ccccc1Cl)C(=O)CCCN(c1ccc2c(c1)OCCO2)S(C)(=O)=O. The summed E-state index contributed by atoms with van der Waals surface area (Å²) in [5, 5.41) is 3.50.